The van der Waals surface area contributed by atoms with Crippen LogP contribution in [-0.2, 0) is 0 Å². The Morgan fingerprint density at radius 2 is 2.00 bits per heavy atom. The van der Waals surface area contributed by atoms with E-state index < -0.39 is 0 Å². The van der Waals surface area contributed by atoms with E-state index in [9.17, 15) is 0 Å². The quantitative estimate of drug-likeness (QED) is 0.668. The molecule has 2 aliphatic heterocycles. The monoisotopic (exact) mass is 211 g/mol. The molecule has 0 saturated heterocycles. The van der Waals surface area contributed by atoms with Gasteiger partial charge in [-0.15, -0.1) is 28.6 Å². The molecule has 4 nitrogen and oxygen atoms in total. The van der Waals surface area contributed by atoms with Crippen molar-refractivity contribution in [2.75, 3.05) is 12.5 Å². The van der Waals surface area contributed by atoms with Gasteiger partial charge in [0.1, 0.15) is 5.04 Å². The van der Waals surface area contributed by atoms with Gasteiger partial charge in [-0.3, -0.25) is 0 Å². The minimum Gasteiger partial charge on any atom is -0.232 e. The van der Waals surface area contributed by atoms with Gasteiger partial charge in [-0.25, -0.2) is 9.98 Å². The van der Waals surface area contributed by atoms with Crippen LogP contribution in [0.2, 0.25) is 0 Å². The van der Waals surface area contributed by atoms with Crippen molar-refractivity contribution in [1.82, 2.24) is 0 Å². The van der Waals surface area contributed by atoms with Crippen molar-refractivity contribution < 1.29 is 0 Å². The van der Waals surface area contributed by atoms with Crippen LogP contribution in [0, 0.1) is 5.50 Å². The summed E-state index contributed by atoms with van der Waals surface area (Å²) in [5, 5.41) is 8.66. The van der Waals surface area contributed by atoms with Gasteiger partial charge in [0.15, 0.2) is 5.84 Å². The summed E-state index contributed by atoms with van der Waals surface area (Å²) in [5.41, 5.74) is 1.68. The summed E-state index contributed by atoms with van der Waals surface area (Å²) in [5.74, 6) is 0.684. The summed E-state index contributed by atoms with van der Waals surface area (Å²) >= 11 is 3.10. The van der Waals surface area contributed by atoms with E-state index in [4.69, 9.17) is 0 Å². The number of hydrogen-bond acceptors (Lipinski definition) is 6. The number of amidine groups is 1. The van der Waals surface area contributed by atoms with Crippen LogP contribution in [0.4, 0.5) is 0 Å². The van der Waals surface area contributed by atoms with Gasteiger partial charge in [0.25, 0.3) is 5.50 Å². The summed E-state index contributed by atoms with van der Waals surface area (Å²) in [6.45, 7) is 0. The normalized spacial score (nSPS) is 20.9. The summed E-state index contributed by atoms with van der Waals surface area (Å²) in [6, 6.07) is 0. The molecule has 0 amide bonds. The van der Waals surface area contributed by atoms with Crippen molar-refractivity contribution in [3.8, 4) is 0 Å². The van der Waals surface area contributed by atoms with Crippen LogP contribution in [0.25, 0.3) is 0 Å². The van der Waals surface area contributed by atoms with Gasteiger partial charge in [0, 0.05) is 0 Å². The molecular weight excluding hydrogens is 204 g/mol. The fraction of sp³-hybridized carbons (Fsp3) is 0.286. The Kier molecular flexibility index (Phi) is 2.50. The van der Waals surface area contributed by atoms with Gasteiger partial charge in [-0.2, -0.15) is 5.11 Å². The lowest BCUT2D eigenvalue weighted by Crippen LogP contribution is -2.12. The van der Waals surface area contributed by atoms with E-state index in [-0.39, 0.29) is 0 Å². The maximum absolute atomic E-state index is 4.34. The second-order valence-corrected chi connectivity index (χ2v) is 3.87. The molecule has 2 aliphatic rings. The highest BCUT2D eigenvalue weighted by Gasteiger charge is 2.24. The molecule has 0 unspecified atom stereocenters. The first-order valence-electron chi connectivity index (χ1n) is 3.59. The van der Waals surface area contributed by atoms with Crippen LogP contribution in [0.15, 0.2) is 32.0 Å². The van der Waals surface area contributed by atoms with Crippen molar-refractivity contribution in [1.29, 1.82) is 0 Å². The molecule has 0 fully saturated rings. The highest BCUT2D eigenvalue weighted by Crippen LogP contribution is 2.30. The average Bonchev–Trinajstić information content (AvgIpc) is 2.63. The fourth-order valence-electron chi connectivity index (χ4n) is 0.996. The molecule has 6 heteroatoms. The van der Waals surface area contributed by atoms with E-state index in [0.717, 1.165) is 16.1 Å². The molecule has 2 rings (SSSR count). The predicted octanol–water partition coefficient (Wildman–Crippen LogP) is 2.32. The van der Waals surface area contributed by atoms with Crippen molar-refractivity contribution >= 4 is 34.4 Å². The number of hydrogen-bond donors (Lipinski definition) is 0. The SMILES string of the molecule is CS[C]1N=C2N=NC=C2C(SC)=N1. The largest absolute Gasteiger partial charge is 0.256 e. The van der Waals surface area contributed by atoms with Gasteiger partial charge < -0.3 is 0 Å². The smallest absolute Gasteiger partial charge is 0.232 e. The molecule has 67 valence electrons. The van der Waals surface area contributed by atoms with Gasteiger partial charge in [0.2, 0.25) is 0 Å². The van der Waals surface area contributed by atoms with Crippen LogP contribution in [-0.4, -0.2) is 23.4 Å². The summed E-state index contributed by atoms with van der Waals surface area (Å²) in [7, 11) is 0. The van der Waals surface area contributed by atoms with Crippen molar-refractivity contribution in [3.63, 3.8) is 0 Å². The zero-order valence-electron chi connectivity index (χ0n) is 7.18. The number of aliphatic imine (C=N–C) groups is 2. The summed E-state index contributed by atoms with van der Waals surface area (Å²) in [6.07, 6.45) is 5.63. The zero-order valence-corrected chi connectivity index (χ0v) is 8.82. The second kappa shape index (κ2) is 3.63. The first kappa shape index (κ1) is 8.96. The standard InChI is InChI=1S/C7H7N4S2/c1-12-6-4-3-8-11-5(4)9-7(10-6)13-2/h3H,1-2H3. The number of fused-ring (bicyclic) bond motifs is 1. The van der Waals surface area contributed by atoms with E-state index in [1.54, 1.807) is 18.0 Å². The zero-order chi connectivity index (χ0) is 9.26. The molecule has 13 heavy (non-hydrogen) atoms. The minimum atomic E-state index is 0.684. The Morgan fingerprint density at radius 1 is 1.15 bits per heavy atom. The van der Waals surface area contributed by atoms with Crippen LogP contribution in [0.3, 0.4) is 0 Å². The topological polar surface area (TPSA) is 49.4 Å². The van der Waals surface area contributed by atoms with E-state index in [0.29, 0.717) is 5.84 Å². The molecule has 0 aliphatic carbocycles. The molecule has 0 aromatic carbocycles. The highest BCUT2D eigenvalue weighted by molar-refractivity contribution is 8.14. The molecule has 0 bridgehead atoms. The molecule has 0 aromatic rings. The van der Waals surface area contributed by atoms with Crippen LogP contribution >= 0.6 is 23.5 Å². The number of rotatable bonds is 1. The molecule has 0 spiro atoms. The van der Waals surface area contributed by atoms with Crippen LogP contribution in [0.1, 0.15) is 0 Å². The van der Waals surface area contributed by atoms with Crippen molar-refractivity contribution in [2.45, 2.75) is 0 Å². The first-order valence-corrected chi connectivity index (χ1v) is 6.04. The first-order chi connectivity index (χ1) is 6.35. The molecule has 2 heterocycles. The van der Waals surface area contributed by atoms with Gasteiger partial charge in [-0.05, 0) is 12.5 Å². The third kappa shape index (κ3) is 1.55. The molecule has 0 atom stereocenters. The number of nitrogens with zero attached hydrogens (tertiary/aromatic N) is 4. The molecule has 0 N–H and O–H groups in total. The van der Waals surface area contributed by atoms with Crippen molar-refractivity contribution in [2.24, 2.45) is 20.2 Å². The summed E-state index contributed by atoms with van der Waals surface area (Å²) in [4.78, 5) is 8.57. The summed E-state index contributed by atoms with van der Waals surface area (Å²) < 4.78 is 0. The second-order valence-electron chi connectivity index (χ2n) is 2.30. The maximum Gasteiger partial charge on any atom is 0.256 e. The molecule has 1 radical (unpaired) electrons. The van der Waals surface area contributed by atoms with Gasteiger partial charge >= 0.3 is 0 Å². The lowest BCUT2D eigenvalue weighted by Gasteiger charge is -2.12. The third-order valence-electron chi connectivity index (χ3n) is 1.59. The van der Waals surface area contributed by atoms with E-state index in [1.165, 1.54) is 11.8 Å². The molecule has 0 saturated carbocycles. The lowest BCUT2D eigenvalue weighted by molar-refractivity contribution is 1.16. The Hall–Kier alpha value is -0.620. The van der Waals surface area contributed by atoms with E-state index in [1.807, 2.05) is 12.5 Å². The van der Waals surface area contributed by atoms with Gasteiger partial charge in [0.05, 0.1) is 11.8 Å². The number of thioether (sulfide) groups is 2. The van der Waals surface area contributed by atoms with Crippen molar-refractivity contribution in [3.05, 3.63) is 17.3 Å². The van der Waals surface area contributed by atoms with Gasteiger partial charge in [-0.1, -0.05) is 0 Å². The van der Waals surface area contributed by atoms with E-state index in [2.05, 4.69) is 20.2 Å². The molecule has 0 aromatic heterocycles. The Labute approximate surface area is 84.7 Å². The predicted molar refractivity (Wildman–Crippen MR) is 58.1 cm³/mol. The Morgan fingerprint density at radius 3 is 2.69 bits per heavy atom. The van der Waals surface area contributed by atoms with Crippen LogP contribution in [0.5, 0.6) is 0 Å². The fourth-order valence-corrected chi connectivity index (χ4v) is 1.96. The number of azo groups is 1. The average molecular weight is 211 g/mol. The lowest BCUT2D eigenvalue weighted by atomic mass is 10.3. The highest BCUT2D eigenvalue weighted by atomic mass is 32.2. The molecular formula is C7H7N4S2. The van der Waals surface area contributed by atoms with E-state index >= 15 is 0 Å². The third-order valence-corrected chi connectivity index (χ3v) is 2.83. The minimum absolute atomic E-state index is 0.684. The Balaban J connectivity index is 2.35. The maximum atomic E-state index is 4.34. The Bertz CT molecular complexity index is 342. The van der Waals surface area contributed by atoms with Crippen LogP contribution < -0.4 is 0 Å².